The van der Waals surface area contributed by atoms with Crippen molar-refractivity contribution in [2.75, 3.05) is 39.3 Å². The third-order valence-corrected chi connectivity index (χ3v) is 13.5. The van der Waals surface area contributed by atoms with Crippen LogP contribution in [-0.4, -0.2) is 80.8 Å². The zero-order chi connectivity index (χ0) is 49.5. The van der Waals surface area contributed by atoms with Crippen molar-refractivity contribution in [1.82, 2.24) is 29.2 Å². The minimum Gasteiger partial charge on any atom is -0.303 e. The third-order valence-electron chi connectivity index (χ3n) is 12.8. The Bertz CT molecular complexity index is 2170. The Kier molecular flexibility index (Phi) is 25.9. The van der Waals surface area contributed by atoms with Crippen LogP contribution in [0.4, 0.5) is 0 Å². The topological polar surface area (TPSA) is 110 Å². The molecular formula is C56H85BrN6O4. The van der Waals surface area contributed by atoms with Crippen molar-refractivity contribution in [2.24, 2.45) is 5.92 Å². The first-order chi connectivity index (χ1) is 32.3. The van der Waals surface area contributed by atoms with Crippen LogP contribution in [0.3, 0.4) is 0 Å². The Hall–Kier alpha value is -4.19. The molecule has 1 unspecified atom stereocenters. The maximum Gasteiger partial charge on any atom is 0.329 e. The van der Waals surface area contributed by atoms with E-state index in [1.165, 1.54) is 87.7 Å². The van der Waals surface area contributed by atoms with Gasteiger partial charge in [-0.05, 0) is 146 Å². The van der Waals surface area contributed by atoms with Crippen LogP contribution in [-0.2, 0) is 22.6 Å². The van der Waals surface area contributed by atoms with E-state index in [-0.39, 0.29) is 23.8 Å². The number of hydrogen-bond acceptors (Lipinski definition) is 7. The molecule has 1 atom stereocenters. The quantitative estimate of drug-likeness (QED) is 0.0736. The van der Waals surface area contributed by atoms with Crippen molar-refractivity contribution >= 4 is 50.6 Å². The smallest absolute Gasteiger partial charge is 0.303 e. The number of likely N-dealkylation sites (tertiary alicyclic amines) is 1. The predicted octanol–water partition coefficient (Wildman–Crippen LogP) is 12.7. The first-order valence-corrected chi connectivity index (χ1v) is 26.5. The molecule has 2 aliphatic heterocycles. The standard InChI is InChI=1S/C23H27BrN2O.C17H21N3O3.C14H31N.C2H6/c1-16(14-22-17(2)25-11-8-23(22)24)15-26-12-9-21(10-13-26)20-6-4-19(5-7-20)18(3)27;1-3-9-19-14-10-11(4-2)5-6-12(14)20(17(19)23)13-7-8-15(21)18-16(13)22;1-5-9-14(10-6-2)13-15(11-7-3)12-8-4;1-2/h4-8,11,14,21H,9-10,12-13,15H2,1-3H3;5-6,10,13H,3-4,7-9H2,1-2H3,(H,18,21,22);14H,5-13H2,1-4H3;1-2H3/b16-14+;;;. The molecule has 2 saturated heterocycles. The second-order valence-corrected chi connectivity index (χ2v) is 19.1. The van der Waals surface area contributed by atoms with E-state index in [2.05, 4.69) is 95.8 Å². The SMILES string of the molecule is CC.CC(=O)c1ccc(C2CCN(C/C(C)=C/c3c(Br)ccnc3C)CC2)cc1.CCCC(CCC)CN(CCC)CCC.CCCn1c(=O)n(C2CCC(=O)NC2=O)c2ccc(CC)cc21. The fourth-order valence-corrected chi connectivity index (χ4v) is 9.95. The number of aromatic nitrogens is 3. The number of carbonyl (C=O) groups is 3. The summed E-state index contributed by atoms with van der Waals surface area (Å²) >= 11 is 3.63. The number of imidazole rings is 1. The van der Waals surface area contributed by atoms with E-state index in [9.17, 15) is 19.2 Å². The van der Waals surface area contributed by atoms with Gasteiger partial charge in [0.15, 0.2) is 5.78 Å². The Morgan fingerprint density at radius 2 is 1.49 bits per heavy atom. The molecule has 370 valence electrons. The monoisotopic (exact) mass is 985 g/mol. The van der Waals surface area contributed by atoms with Crippen molar-refractivity contribution in [1.29, 1.82) is 0 Å². The fraction of sp³-hybridized carbons (Fsp3) is 0.589. The molecule has 2 amide bonds. The van der Waals surface area contributed by atoms with Gasteiger partial charge in [0.1, 0.15) is 6.04 Å². The summed E-state index contributed by atoms with van der Waals surface area (Å²) in [4.78, 5) is 57.4. The molecule has 4 heterocycles. The van der Waals surface area contributed by atoms with Crippen LogP contribution in [0.2, 0.25) is 0 Å². The molecule has 67 heavy (non-hydrogen) atoms. The van der Waals surface area contributed by atoms with E-state index in [0.717, 1.165) is 70.7 Å². The second-order valence-electron chi connectivity index (χ2n) is 18.2. The van der Waals surface area contributed by atoms with Gasteiger partial charge in [-0.25, -0.2) is 4.79 Å². The van der Waals surface area contributed by atoms with Gasteiger partial charge in [0.25, 0.3) is 0 Å². The molecule has 6 rings (SSSR count). The number of nitrogens with zero attached hydrogens (tertiary/aromatic N) is 5. The summed E-state index contributed by atoms with van der Waals surface area (Å²) < 4.78 is 4.38. The Morgan fingerprint density at radius 1 is 0.851 bits per heavy atom. The largest absolute Gasteiger partial charge is 0.329 e. The molecule has 0 radical (unpaired) electrons. The average Bonchev–Trinajstić information content (AvgIpc) is 3.58. The molecule has 1 N–H and O–H groups in total. The maximum atomic E-state index is 12.9. The number of ketones is 1. The highest BCUT2D eigenvalue weighted by molar-refractivity contribution is 9.10. The number of hydrogen-bond donors (Lipinski definition) is 1. The van der Waals surface area contributed by atoms with E-state index in [0.29, 0.717) is 18.9 Å². The molecule has 4 aromatic rings. The zero-order valence-corrected chi connectivity index (χ0v) is 44.8. The van der Waals surface area contributed by atoms with Gasteiger partial charge in [-0.3, -0.25) is 38.7 Å². The van der Waals surface area contributed by atoms with Crippen LogP contribution in [0.1, 0.15) is 185 Å². The molecule has 2 aliphatic rings. The molecule has 0 bridgehead atoms. The summed E-state index contributed by atoms with van der Waals surface area (Å²) in [6.07, 6.45) is 16.9. The average molecular weight is 986 g/mol. The normalized spacial score (nSPS) is 15.7. The van der Waals surface area contributed by atoms with E-state index >= 15 is 0 Å². The molecule has 2 aromatic heterocycles. The summed E-state index contributed by atoms with van der Waals surface area (Å²) in [6.45, 7) is 30.9. The number of nitrogens with one attached hydrogen (secondary N) is 1. The number of Topliss-reactive ketones (excluding diaryl/α,β-unsaturated/α-hetero) is 1. The van der Waals surface area contributed by atoms with Crippen LogP contribution in [0, 0.1) is 12.8 Å². The highest BCUT2D eigenvalue weighted by atomic mass is 79.9. The Morgan fingerprint density at radius 3 is 2.03 bits per heavy atom. The minimum absolute atomic E-state index is 0.133. The fourth-order valence-electron chi connectivity index (χ4n) is 9.43. The number of fused-ring (bicyclic) bond motifs is 1. The number of amides is 2. The number of aryl methyl sites for hydroxylation is 3. The minimum atomic E-state index is -0.617. The van der Waals surface area contributed by atoms with Gasteiger partial charge in [-0.1, -0.05) is 126 Å². The molecule has 2 fully saturated rings. The Labute approximate surface area is 412 Å². The van der Waals surface area contributed by atoms with Gasteiger partial charge in [0, 0.05) is 53.5 Å². The van der Waals surface area contributed by atoms with Gasteiger partial charge in [-0.2, -0.15) is 0 Å². The zero-order valence-electron chi connectivity index (χ0n) is 43.2. The van der Waals surface area contributed by atoms with Crippen LogP contribution < -0.4 is 11.0 Å². The number of halogens is 1. The lowest BCUT2D eigenvalue weighted by atomic mass is 9.88. The lowest BCUT2D eigenvalue weighted by molar-refractivity contribution is -0.135. The van der Waals surface area contributed by atoms with Crippen molar-refractivity contribution in [3.05, 3.63) is 103 Å². The lowest BCUT2D eigenvalue weighted by Gasteiger charge is -2.32. The van der Waals surface area contributed by atoms with E-state index < -0.39 is 11.9 Å². The molecule has 2 aromatic carbocycles. The third kappa shape index (κ3) is 17.4. The van der Waals surface area contributed by atoms with Crippen molar-refractivity contribution < 1.29 is 14.4 Å². The lowest BCUT2D eigenvalue weighted by Crippen LogP contribution is -2.44. The van der Waals surface area contributed by atoms with E-state index in [4.69, 9.17) is 0 Å². The highest BCUT2D eigenvalue weighted by Gasteiger charge is 2.31. The van der Waals surface area contributed by atoms with Gasteiger partial charge < -0.3 is 4.90 Å². The van der Waals surface area contributed by atoms with Gasteiger partial charge in [0.2, 0.25) is 11.8 Å². The molecular weight excluding hydrogens is 901 g/mol. The van der Waals surface area contributed by atoms with Crippen LogP contribution >= 0.6 is 15.9 Å². The molecule has 11 heteroatoms. The molecule has 0 saturated carbocycles. The van der Waals surface area contributed by atoms with Crippen molar-refractivity contribution in [2.45, 2.75) is 172 Å². The van der Waals surface area contributed by atoms with E-state index in [1.807, 2.05) is 70.3 Å². The van der Waals surface area contributed by atoms with Gasteiger partial charge in [0.05, 0.1) is 11.0 Å². The van der Waals surface area contributed by atoms with Crippen LogP contribution in [0.5, 0.6) is 0 Å². The summed E-state index contributed by atoms with van der Waals surface area (Å²) in [5.41, 5.74) is 8.35. The number of carbonyl (C=O) groups excluding carboxylic acids is 3. The Balaban J connectivity index is 0.000000272. The number of pyridine rings is 1. The summed E-state index contributed by atoms with van der Waals surface area (Å²) in [5, 5.41) is 2.34. The number of imide groups is 1. The molecule has 10 nitrogen and oxygen atoms in total. The maximum absolute atomic E-state index is 12.9. The predicted molar refractivity (Wildman–Crippen MR) is 284 cm³/mol. The summed E-state index contributed by atoms with van der Waals surface area (Å²) in [6, 6.07) is 15.5. The van der Waals surface area contributed by atoms with E-state index in [1.54, 1.807) is 16.1 Å². The van der Waals surface area contributed by atoms with Crippen molar-refractivity contribution in [3.8, 4) is 0 Å². The molecule has 0 aliphatic carbocycles. The van der Waals surface area contributed by atoms with Crippen LogP contribution in [0.25, 0.3) is 17.1 Å². The first kappa shape index (κ1) is 57.1. The number of benzene rings is 2. The molecule has 0 spiro atoms. The van der Waals surface area contributed by atoms with Crippen LogP contribution in [0.15, 0.2) is 69.6 Å². The van der Waals surface area contributed by atoms with Gasteiger partial charge in [-0.15, -0.1) is 0 Å². The summed E-state index contributed by atoms with van der Waals surface area (Å²) in [7, 11) is 0. The van der Waals surface area contributed by atoms with Gasteiger partial charge >= 0.3 is 5.69 Å². The van der Waals surface area contributed by atoms with Crippen molar-refractivity contribution in [3.63, 3.8) is 0 Å². The second kappa shape index (κ2) is 30.3. The first-order valence-electron chi connectivity index (χ1n) is 25.7. The number of piperidine rings is 2. The highest BCUT2D eigenvalue weighted by Crippen LogP contribution is 2.30. The number of rotatable bonds is 19. The summed E-state index contributed by atoms with van der Waals surface area (Å²) in [5.74, 6) is 1.01.